The molecule has 1 fully saturated rings. The summed E-state index contributed by atoms with van der Waals surface area (Å²) in [6.07, 6.45) is 7.59. The van der Waals surface area contributed by atoms with Crippen LogP contribution in [0.1, 0.15) is 249 Å². The molecular formula is C83H145BrN14O12S3Si3. The number of aliphatic hydroxyl groups is 1. The largest absolute Gasteiger partial charge is 0.416 e. The summed E-state index contributed by atoms with van der Waals surface area (Å²) in [5, 5.41) is 15.4. The second-order valence-electron chi connectivity index (χ2n) is 33.2. The molecule has 116 heavy (non-hydrogen) atoms. The van der Waals surface area contributed by atoms with Crippen LogP contribution >= 0.6 is 38.6 Å². The lowest BCUT2D eigenvalue weighted by Gasteiger charge is -2.36. The van der Waals surface area contributed by atoms with E-state index in [9.17, 15) is 27.9 Å². The number of ketones is 1. The number of aromatic amines is 1. The predicted octanol–water partition coefficient (Wildman–Crippen LogP) is 19.2. The van der Waals surface area contributed by atoms with E-state index in [1.54, 1.807) is 6.33 Å². The Morgan fingerprint density at radius 2 is 1.14 bits per heavy atom. The van der Waals surface area contributed by atoms with Gasteiger partial charge in [0.05, 0.1) is 89.0 Å². The van der Waals surface area contributed by atoms with E-state index in [1.165, 1.54) is 46.6 Å². The van der Waals surface area contributed by atoms with Gasteiger partial charge in [0.25, 0.3) is 0 Å². The van der Waals surface area contributed by atoms with Gasteiger partial charge in [0.1, 0.15) is 36.0 Å². The van der Waals surface area contributed by atoms with Crippen LogP contribution in [-0.4, -0.2) is 177 Å². The van der Waals surface area contributed by atoms with Gasteiger partial charge in [-0.05, 0) is 162 Å². The summed E-state index contributed by atoms with van der Waals surface area (Å²) < 4.78 is 71.6. The van der Waals surface area contributed by atoms with Crippen molar-refractivity contribution in [1.29, 1.82) is 0 Å². The van der Waals surface area contributed by atoms with E-state index in [2.05, 4.69) is 185 Å². The van der Waals surface area contributed by atoms with Crippen LogP contribution in [0.25, 0.3) is 0 Å². The minimum absolute atomic E-state index is 0. The topological polar surface area (TPSA) is 322 Å². The lowest BCUT2D eigenvalue weighted by atomic mass is 10.1. The first-order valence-corrected chi connectivity index (χ1v) is 50.8. The number of carbonyl (C=O) groups excluding carboxylic acids is 3. The van der Waals surface area contributed by atoms with Crippen LogP contribution in [0, 0.1) is 89.0 Å². The van der Waals surface area contributed by atoms with Crippen LogP contribution in [0.5, 0.6) is 0 Å². The SMILES string of the molecule is C.C.C.C.C.CC(C)(C)[Si](C)(C)OCCBr.Cc1nc(C=O)n(CCO[Si](C)(C)C(C)(C)C)c1C.Cc1nc2n(c1C)CCOC2c1cc(C(=O)c2cncnc2N[C@@H]2C[C@H](CNS(=O)(=O)O)[C@@H](O)C2)sc1C.Cc1nc2n(c1C)CCOC2c1cc(C=O)sc1C.Cc1nc[nH]c1C.Cc1ncn(CCO[Si](C)(C)C(C)(C)C)c1C. The molecule has 2 unspecified atom stereocenters. The maximum Gasteiger partial charge on any atom is 0.333 e. The highest BCUT2D eigenvalue weighted by atomic mass is 79.9. The number of hydrogen-bond donors (Lipinski definition) is 5. The lowest BCUT2D eigenvalue weighted by Crippen LogP contribution is -2.41. The zero-order chi connectivity index (χ0) is 83.3. The molecule has 0 radical (unpaired) electrons. The van der Waals surface area contributed by atoms with E-state index >= 15 is 0 Å². The predicted molar refractivity (Wildman–Crippen MR) is 487 cm³/mol. The summed E-state index contributed by atoms with van der Waals surface area (Å²) in [4.78, 5) is 72.0. The number of H-pyrrole nitrogens is 1. The number of rotatable bonds is 22. The van der Waals surface area contributed by atoms with Crippen LogP contribution < -0.4 is 10.0 Å². The van der Waals surface area contributed by atoms with Crippen LogP contribution in [-0.2, 0) is 59.2 Å². The van der Waals surface area contributed by atoms with Gasteiger partial charge >= 0.3 is 10.3 Å². The lowest BCUT2D eigenvalue weighted by molar-refractivity contribution is 0.0422. The highest BCUT2D eigenvalue weighted by molar-refractivity contribution is 9.09. The Morgan fingerprint density at radius 1 is 0.647 bits per heavy atom. The van der Waals surface area contributed by atoms with Gasteiger partial charge in [-0.15, -0.1) is 22.7 Å². The van der Waals surface area contributed by atoms with Gasteiger partial charge in [-0.2, -0.15) is 13.1 Å². The number of hydrogen-bond acceptors (Lipinski definition) is 21. The molecule has 33 heteroatoms. The number of fused-ring (bicyclic) bond motifs is 2. The maximum absolute atomic E-state index is 13.6. The molecule has 11 rings (SSSR count). The molecule has 26 nitrogen and oxygen atoms in total. The van der Waals surface area contributed by atoms with Crippen molar-refractivity contribution in [2.24, 2.45) is 5.92 Å². The minimum atomic E-state index is -4.35. The molecule has 0 aromatic carbocycles. The Bertz CT molecular complexity index is 4500. The minimum Gasteiger partial charge on any atom is -0.416 e. The number of aldehydes is 2. The van der Waals surface area contributed by atoms with E-state index in [0.29, 0.717) is 66.3 Å². The fraction of sp³-hybridized carbons (Fsp3) is 0.639. The Balaban J connectivity index is 0.000000744. The Labute approximate surface area is 715 Å². The van der Waals surface area contributed by atoms with Gasteiger partial charge in [-0.1, -0.05) is 115 Å². The Morgan fingerprint density at radius 3 is 1.57 bits per heavy atom. The maximum atomic E-state index is 13.6. The molecule has 8 aromatic heterocycles. The van der Waals surface area contributed by atoms with Crippen molar-refractivity contribution in [2.45, 2.75) is 300 Å². The van der Waals surface area contributed by atoms with Crippen LogP contribution in [0.15, 0.2) is 37.3 Å². The summed E-state index contributed by atoms with van der Waals surface area (Å²) >= 11 is 6.25. The number of imidazole rings is 5. The highest BCUT2D eigenvalue weighted by Gasteiger charge is 2.40. The average Bonchev–Trinajstić information content (AvgIpc) is 1.63. The Hall–Kier alpha value is -5.90. The van der Waals surface area contributed by atoms with Gasteiger partial charge in [0.2, 0.25) is 5.78 Å². The monoisotopic (exact) mass is 1790 g/mol. The molecule has 5 atom stereocenters. The Kier molecular flexibility index (Phi) is 42.6. The van der Waals surface area contributed by atoms with E-state index in [1.807, 2.05) is 97.0 Å². The number of alkyl halides is 1. The van der Waals surface area contributed by atoms with Crippen molar-refractivity contribution in [2.75, 3.05) is 50.2 Å². The first-order valence-electron chi connectivity index (χ1n) is 37.9. The van der Waals surface area contributed by atoms with Gasteiger partial charge in [0.15, 0.2) is 43.3 Å². The number of nitrogens with zero attached hydrogens (tertiary/aromatic N) is 11. The molecule has 1 saturated carbocycles. The van der Waals surface area contributed by atoms with Crippen molar-refractivity contribution < 1.29 is 55.2 Å². The van der Waals surface area contributed by atoms with Gasteiger partial charge < -0.3 is 56.4 Å². The second kappa shape index (κ2) is 45.7. The smallest absolute Gasteiger partial charge is 0.333 e. The standard InChI is InChI=1S/C24H30N6O6S2.C14H16N2O2S.C14H26N2O2Si.C13H26N2OSi.C8H19BrOSi.C5H8N2.5CH4/c1-12-13(2)30-4-5-36-22(24(30)28-12)17-8-20(37-14(17)3)21(32)18-10-25-11-26-23(18)29-16-6-15(19(31)7-16)9-27-38(33,34)35;1-8-9(2)16-4-5-18-13(14(16)15-8)12-6-11(7-17)19-10(12)3;1-11-12(2)16(13(10-17)15-11)8-9-18-19(6,7)14(3,4)5;1-11-12(2)15(10-14-11)8-9-16-17(6,7)13(3,4)5;1-8(2,3)11(4,5)10-7-6-9;1-4-5(2)7-3-6-4;;;;;/h8,10-11,15-16,19,22,27,31H,4-7,9H2,1-3H3,(H,25,26,29)(H,33,34,35);6-7,13H,4-5H2,1-3H3;10H,8-9H2,1-7H3;10H,8-9H2,1-7H3;6-7H2,1-5H3;3H,1-2H3,(H,6,7);5*1H4/t15-,16-,19+,22?;;;;;;;;;;/m1........../s1. The molecule has 0 spiro atoms. The number of carbonyl (C=O) groups is 3. The number of aryl methyl sites for hydroxylation is 8. The molecule has 1 aliphatic carbocycles. The van der Waals surface area contributed by atoms with Crippen LogP contribution in [0.3, 0.4) is 0 Å². The summed E-state index contributed by atoms with van der Waals surface area (Å²) in [5.74, 6) is 2.01. The molecule has 656 valence electrons. The van der Waals surface area contributed by atoms with Crippen molar-refractivity contribution in [3.63, 3.8) is 0 Å². The van der Waals surface area contributed by atoms with Crippen LogP contribution in [0.4, 0.5) is 5.82 Å². The number of thiophene rings is 2. The number of ether oxygens (including phenoxy) is 2. The molecule has 10 heterocycles. The zero-order valence-electron chi connectivity index (χ0n) is 70.7. The molecule has 0 amide bonds. The molecule has 8 aromatic rings. The number of halogens is 1. The van der Waals surface area contributed by atoms with Crippen molar-refractivity contribution in [3.05, 3.63) is 148 Å². The molecule has 5 N–H and O–H groups in total. The van der Waals surface area contributed by atoms with Gasteiger partial charge in [0, 0.05) is 112 Å². The summed E-state index contributed by atoms with van der Waals surface area (Å²) in [6.45, 7) is 64.6. The van der Waals surface area contributed by atoms with Gasteiger partial charge in [-0.3, -0.25) is 18.9 Å². The van der Waals surface area contributed by atoms with Crippen LogP contribution in [0.2, 0.25) is 54.4 Å². The molecule has 0 saturated heterocycles. The fourth-order valence-corrected chi connectivity index (χ4v) is 17.6. The van der Waals surface area contributed by atoms with Gasteiger partial charge in [-0.25, -0.2) is 34.9 Å². The first-order chi connectivity index (χ1) is 51.5. The molecular weight excluding hydrogens is 1650 g/mol. The number of nitrogens with one attached hydrogen (secondary N) is 3. The van der Waals surface area contributed by atoms with E-state index in [4.69, 9.17) is 32.3 Å². The first kappa shape index (κ1) is 108. The van der Waals surface area contributed by atoms with Crippen molar-refractivity contribution in [3.8, 4) is 0 Å². The second-order valence-corrected chi connectivity index (χ2v) is 52.2. The quantitative estimate of drug-likeness (QED) is 0.0138. The normalized spacial score (nSPS) is 16.6. The molecule has 0 bridgehead atoms. The fourth-order valence-electron chi connectivity index (χ4n) is 11.7. The zero-order valence-corrected chi connectivity index (χ0v) is 77.7. The molecule has 2 aliphatic heterocycles. The summed E-state index contributed by atoms with van der Waals surface area (Å²) in [5.41, 5.74) is 13.1. The van der Waals surface area contributed by atoms with Crippen molar-refractivity contribution in [1.82, 2.24) is 62.9 Å². The van der Waals surface area contributed by atoms with E-state index < -0.39 is 47.3 Å². The third-order valence-corrected chi connectivity index (χ3v) is 39.0. The third-order valence-electron chi connectivity index (χ3n) is 22.5. The average molecular weight is 1790 g/mol. The van der Waals surface area contributed by atoms with E-state index in [0.717, 1.165) is 134 Å². The third kappa shape index (κ3) is 28.6. The van der Waals surface area contributed by atoms with Crippen molar-refractivity contribution >= 4 is 98.0 Å². The summed E-state index contributed by atoms with van der Waals surface area (Å²) in [7, 11) is -9.13. The number of anilines is 1. The highest BCUT2D eigenvalue weighted by Crippen LogP contribution is 2.42. The molecule has 3 aliphatic rings. The number of aromatic nitrogens is 12. The van der Waals surface area contributed by atoms with E-state index in [-0.39, 0.29) is 77.8 Å². The number of aliphatic hydroxyl groups excluding tert-OH is 1. The summed E-state index contributed by atoms with van der Waals surface area (Å²) in [6, 6.07) is 3.53.